The molecule has 0 spiro atoms. The van der Waals surface area contributed by atoms with Crippen LogP contribution in [0.3, 0.4) is 0 Å². The highest BCUT2D eigenvalue weighted by molar-refractivity contribution is 8.05. The van der Waals surface area contributed by atoms with Crippen LogP contribution in [0.1, 0.15) is 55.8 Å². The lowest BCUT2D eigenvalue weighted by Crippen LogP contribution is -2.04. The SMILES string of the molecule is CCCC/C(=C1/Sc2ccccc2/C1=N/C(C)c1cccc(-c2cccc(-c3ccc4c(c3)c3cccc5oc6cccc4c6c53)c2)c1)c1ccccc1. The van der Waals surface area contributed by atoms with Crippen molar-refractivity contribution in [1.29, 1.82) is 0 Å². The maximum atomic E-state index is 6.28. The maximum Gasteiger partial charge on any atom is 0.136 e. The zero-order chi connectivity index (χ0) is 36.2. The molecule has 0 N–H and O–H groups in total. The van der Waals surface area contributed by atoms with Gasteiger partial charge in [0.2, 0.25) is 0 Å². The van der Waals surface area contributed by atoms with E-state index in [9.17, 15) is 0 Å². The minimum absolute atomic E-state index is 0.0197. The maximum absolute atomic E-state index is 6.28. The first-order valence-electron chi connectivity index (χ1n) is 19.1. The number of allylic oxidation sites excluding steroid dienone is 2. The molecule has 1 atom stereocenters. The Bertz CT molecular complexity index is 2910. The summed E-state index contributed by atoms with van der Waals surface area (Å²) >= 11 is 1.88. The van der Waals surface area contributed by atoms with Gasteiger partial charge in [-0.3, -0.25) is 4.99 Å². The van der Waals surface area contributed by atoms with Gasteiger partial charge in [-0.15, -0.1) is 0 Å². The van der Waals surface area contributed by atoms with E-state index in [2.05, 4.69) is 172 Å². The van der Waals surface area contributed by atoms with E-state index in [-0.39, 0.29) is 6.04 Å². The van der Waals surface area contributed by atoms with E-state index in [0.29, 0.717) is 0 Å². The molecule has 0 fully saturated rings. The van der Waals surface area contributed by atoms with Crippen LogP contribution in [0, 0.1) is 0 Å². The van der Waals surface area contributed by atoms with E-state index < -0.39 is 0 Å². The molecule has 2 nitrogen and oxygen atoms in total. The molecule has 0 saturated carbocycles. The predicted octanol–water partition coefficient (Wildman–Crippen LogP) is 14.9. The van der Waals surface area contributed by atoms with Crippen molar-refractivity contribution in [2.45, 2.75) is 44.0 Å². The van der Waals surface area contributed by atoms with Gasteiger partial charge in [-0.1, -0.05) is 146 Å². The molecule has 9 aromatic rings. The molecule has 0 amide bonds. The lowest BCUT2D eigenvalue weighted by Gasteiger charge is -2.15. The first kappa shape index (κ1) is 32.7. The Kier molecular flexibility index (Phi) is 8.18. The van der Waals surface area contributed by atoms with Gasteiger partial charge >= 0.3 is 0 Å². The number of aliphatic imine (C=N–C) groups is 1. The van der Waals surface area contributed by atoms with Gasteiger partial charge in [0, 0.05) is 26.1 Å². The number of thioether (sulfide) groups is 1. The third-order valence-corrected chi connectivity index (χ3v) is 12.3. The van der Waals surface area contributed by atoms with Gasteiger partial charge in [0.25, 0.3) is 0 Å². The van der Waals surface area contributed by atoms with E-state index in [1.165, 1.54) is 86.6 Å². The van der Waals surface area contributed by atoms with E-state index in [4.69, 9.17) is 9.41 Å². The minimum atomic E-state index is -0.0197. The molecule has 54 heavy (non-hydrogen) atoms. The molecule has 10 rings (SSSR count). The number of unbranched alkanes of at least 4 members (excludes halogenated alkanes) is 1. The Labute approximate surface area is 320 Å². The van der Waals surface area contributed by atoms with E-state index in [1.54, 1.807) is 0 Å². The zero-order valence-electron chi connectivity index (χ0n) is 30.5. The molecule has 0 saturated heterocycles. The normalized spacial score (nSPS) is 15.2. The highest BCUT2D eigenvalue weighted by atomic mass is 32.2. The van der Waals surface area contributed by atoms with Crippen LogP contribution in [0.25, 0.3) is 71.3 Å². The topological polar surface area (TPSA) is 25.5 Å². The molecular weight excluding hydrogens is 675 g/mol. The number of hydrogen-bond acceptors (Lipinski definition) is 3. The van der Waals surface area contributed by atoms with Gasteiger partial charge in [0.05, 0.1) is 11.8 Å². The van der Waals surface area contributed by atoms with Gasteiger partial charge < -0.3 is 4.42 Å². The van der Waals surface area contributed by atoms with Crippen molar-refractivity contribution in [3.05, 3.63) is 179 Å². The first-order valence-corrected chi connectivity index (χ1v) is 19.9. The van der Waals surface area contributed by atoms with E-state index >= 15 is 0 Å². The quantitative estimate of drug-likeness (QED) is 0.147. The summed E-state index contributed by atoms with van der Waals surface area (Å²) < 4.78 is 6.28. The predicted molar refractivity (Wildman–Crippen MR) is 231 cm³/mol. The zero-order valence-corrected chi connectivity index (χ0v) is 31.3. The fourth-order valence-electron chi connectivity index (χ4n) is 8.37. The molecule has 1 aliphatic rings. The van der Waals surface area contributed by atoms with Gasteiger partial charge in [-0.2, -0.15) is 0 Å². The summed E-state index contributed by atoms with van der Waals surface area (Å²) in [5.41, 5.74) is 13.0. The molecule has 260 valence electrons. The van der Waals surface area contributed by atoms with E-state index in [0.717, 1.165) is 36.1 Å². The van der Waals surface area contributed by atoms with Crippen LogP contribution in [0.2, 0.25) is 0 Å². The van der Waals surface area contributed by atoms with Crippen LogP contribution < -0.4 is 0 Å². The molecule has 0 bridgehead atoms. The second kappa shape index (κ2) is 13.5. The van der Waals surface area contributed by atoms with Gasteiger partial charge in [-0.25, -0.2) is 0 Å². The average Bonchev–Trinajstić information content (AvgIpc) is 3.80. The van der Waals surface area contributed by atoms with Crippen LogP contribution >= 0.6 is 11.8 Å². The first-order chi connectivity index (χ1) is 26.6. The number of furan rings is 1. The largest absolute Gasteiger partial charge is 0.456 e. The Morgan fingerprint density at radius 2 is 1.24 bits per heavy atom. The van der Waals surface area contributed by atoms with Crippen molar-refractivity contribution >= 4 is 66.5 Å². The Morgan fingerprint density at radius 1 is 0.593 bits per heavy atom. The lowest BCUT2D eigenvalue weighted by molar-refractivity contribution is 0.669. The van der Waals surface area contributed by atoms with Crippen molar-refractivity contribution in [1.82, 2.24) is 0 Å². The third-order valence-electron chi connectivity index (χ3n) is 11.1. The molecule has 1 unspecified atom stereocenters. The van der Waals surface area contributed by atoms with E-state index in [1.807, 2.05) is 11.8 Å². The summed E-state index contributed by atoms with van der Waals surface area (Å²) in [6, 6.07) is 57.3. The van der Waals surface area contributed by atoms with Gasteiger partial charge in [-0.05, 0) is 117 Å². The number of benzene rings is 8. The second-order valence-corrected chi connectivity index (χ2v) is 15.5. The molecule has 1 aromatic heterocycles. The molecule has 1 aliphatic heterocycles. The van der Waals surface area contributed by atoms with Gasteiger partial charge in [0.15, 0.2) is 0 Å². The molecular formula is C51H39NOS. The van der Waals surface area contributed by atoms with Crippen LogP contribution in [0.5, 0.6) is 0 Å². The highest BCUT2D eigenvalue weighted by Gasteiger charge is 2.28. The lowest BCUT2D eigenvalue weighted by atomic mass is 9.91. The fourth-order valence-corrected chi connectivity index (χ4v) is 9.61. The fraction of sp³-hybridized carbons (Fsp3) is 0.118. The molecule has 2 heterocycles. The summed E-state index contributed by atoms with van der Waals surface area (Å²) in [7, 11) is 0. The van der Waals surface area contributed by atoms with Crippen molar-refractivity contribution < 1.29 is 4.42 Å². The Balaban J connectivity index is 1.03. The summed E-state index contributed by atoms with van der Waals surface area (Å²) in [6.07, 6.45) is 3.35. The summed E-state index contributed by atoms with van der Waals surface area (Å²) in [4.78, 5) is 8.12. The standard InChI is InChI=1S/C51H39NOS/c1-3-4-20-39(33-14-6-5-7-15-33)51-50(43-21-8-9-26-47(43)54-51)52-32(2)34-16-10-17-35(29-34)36-18-11-19-37(30-36)38-27-28-40-41-22-12-24-45-48(41)49-42(44(40)31-38)23-13-25-46(49)53-45/h5-19,21-32H,3-4,20H2,1-2H3/b51-39-,52-50-. The van der Waals surface area contributed by atoms with Gasteiger partial charge in [0.1, 0.15) is 11.2 Å². The van der Waals surface area contributed by atoms with Crippen LogP contribution in [0.4, 0.5) is 0 Å². The van der Waals surface area contributed by atoms with Crippen molar-refractivity contribution in [2.75, 3.05) is 0 Å². The smallest absolute Gasteiger partial charge is 0.136 e. The minimum Gasteiger partial charge on any atom is -0.456 e. The third kappa shape index (κ3) is 5.54. The van der Waals surface area contributed by atoms with Crippen molar-refractivity contribution in [3.63, 3.8) is 0 Å². The monoisotopic (exact) mass is 713 g/mol. The summed E-state index contributed by atoms with van der Waals surface area (Å²) in [6.45, 7) is 4.51. The summed E-state index contributed by atoms with van der Waals surface area (Å²) in [5.74, 6) is 0. The Hall–Kier alpha value is -5.90. The number of rotatable bonds is 8. The molecule has 0 aliphatic carbocycles. The van der Waals surface area contributed by atoms with Crippen molar-refractivity contribution in [2.24, 2.45) is 4.99 Å². The number of fused-ring (bicyclic) bond motifs is 4. The summed E-state index contributed by atoms with van der Waals surface area (Å²) in [5, 5.41) is 7.44. The second-order valence-electron chi connectivity index (χ2n) is 14.5. The molecule has 0 radical (unpaired) electrons. The highest BCUT2D eigenvalue weighted by Crippen LogP contribution is 2.47. The molecule has 8 aromatic carbocycles. The van der Waals surface area contributed by atoms with Crippen LogP contribution in [-0.4, -0.2) is 5.71 Å². The Morgan fingerprint density at radius 3 is 2.00 bits per heavy atom. The number of hydrogen-bond donors (Lipinski definition) is 0. The molecule has 3 heteroatoms. The van der Waals surface area contributed by atoms with Crippen LogP contribution in [-0.2, 0) is 0 Å². The van der Waals surface area contributed by atoms with Crippen molar-refractivity contribution in [3.8, 4) is 22.3 Å². The van der Waals surface area contributed by atoms with Crippen LogP contribution in [0.15, 0.2) is 177 Å². The average molecular weight is 714 g/mol. The number of nitrogens with zero attached hydrogens (tertiary/aromatic N) is 1.